The third-order valence-electron chi connectivity index (χ3n) is 4.17. The Kier molecular flexibility index (Phi) is 4.41. The van der Waals surface area contributed by atoms with Crippen molar-refractivity contribution >= 4 is 29.0 Å². The number of halogens is 2. The maximum atomic E-state index is 6.33. The summed E-state index contributed by atoms with van der Waals surface area (Å²) in [7, 11) is 0. The van der Waals surface area contributed by atoms with Gasteiger partial charge in [0.05, 0.1) is 10.6 Å². The predicted molar refractivity (Wildman–Crippen MR) is 86.8 cm³/mol. The number of hydrogen-bond acceptors (Lipinski definition) is 3. The summed E-state index contributed by atoms with van der Waals surface area (Å²) < 4.78 is 5.56. The Balaban J connectivity index is 2.03. The maximum Gasteiger partial charge on any atom is 0.175 e. The monoisotopic (exact) mass is 324 g/mol. The molecule has 3 rings (SSSR count). The largest absolute Gasteiger partial charge is 0.380 e. The first kappa shape index (κ1) is 14.7. The number of nitrogen functional groups attached to an aromatic ring is 1. The van der Waals surface area contributed by atoms with Gasteiger partial charge in [0.25, 0.3) is 0 Å². The number of aromatic nitrogens is 1. The summed E-state index contributed by atoms with van der Waals surface area (Å²) >= 11 is 12.3. The van der Waals surface area contributed by atoms with E-state index < -0.39 is 0 Å². The molecule has 0 atom stereocenters. The third-order valence-corrected chi connectivity index (χ3v) is 4.72. The Morgan fingerprint density at radius 3 is 2.48 bits per heavy atom. The van der Waals surface area contributed by atoms with E-state index in [1.54, 1.807) is 6.07 Å². The second kappa shape index (κ2) is 6.29. The molecule has 0 bridgehead atoms. The highest BCUT2D eigenvalue weighted by molar-refractivity contribution is 6.36. The van der Waals surface area contributed by atoms with Crippen molar-refractivity contribution in [2.24, 2.45) is 0 Å². The molecular formula is C16H18Cl2N2O. The van der Waals surface area contributed by atoms with Crippen LogP contribution in [0.5, 0.6) is 0 Å². The van der Waals surface area contributed by atoms with Crippen molar-refractivity contribution in [3.05, 3.63) is 34.0 Å². The average molecular weight is 325 g/mol. The molecule has 1 aromatic heterocycles. The van der Waals surface area contributed by atoms with Crippen molar-refractivity contribution in [2.45, 2.75) is 44.4 Å². The van der Waals surface area contributed by atoms with Crippen LogP contribution < -0.4 is 5.73 Å². The van der Waals surface area contributed by atoms with Gasteiger partial charge in [0.1, 0.15) is 5.76 Å². The van der Waals surface area contributed by atoms with E-state index in [4.69, 9.17) is 33.5 Å². The summed E-state index contributed by atoms with van der Waals surface area (Å²) in [5.41, 5.74) is 7.71. The zero-order valence-electron chi connectivity index (χ0n) is 11.7. The van der Waals surface area contributed by atoms with E-state index in [0.717, 1.165) is 29.7 Å². The van der Waals surface area contributed by atoms with Crippen molar-refractivity contribution in [3.8, 4) is 11.1 Å². The summed E-state index contributed by atoms with van der Waals surface area (Å²) in [6, 6.07) is 5.42. The molecule has 0 spiro atoms. The quantitative estimate of drug-likeness (QED) is 0.724. The van der Waals surface area contributed by atoms with Crippen molar-refractivity contribution in [1.29, 1.82) is 0 Å². The van der Waals surface area contributed by atoms with Gasteiger partial charge in [0.2, 0.25) is 0 Å². The second-order valence-corrected chi connectivity index (χ2v) is 6.46. The van der Waals surface area contributed by atoms with Crippen LogP contribution in [0, 0.1) is 0 Å². The van der Waals surface area contributed by atoms with E-state index in [0.29, 0.717) is 21.8 Å². The number of nitrogens with zero attached hydrogens (tertiary/aromatic N) is 1. The molecule has 3 nitrogen and oxygen atoms in total. The number of nitrogens with two attached hydrogens (primary N) is 1. The molecule has 2 aromatic rings. The van der Waals surface area contributed by atoms with E-state index in [1.807, 2.05) is 12.1 Å². The molecule has 1 aliphatic rings. The van der Waals surface area contributed by atoms with Gasteiger partial charge >= 0.3 is 0 Å². The normalized spacial score (nSPS) is 16.9. The minimum absolute atomic E-state index is 0.374. The zero-order valence-corrected chi connectivity index (χ0v) is 13.3. The first-order valence-corrected chi connectivity index (χ1v) is 8.13. The summed E-state index contributed by atoms with van der Waals surface area (Å²) in [5, 5.41) is 5.16. The van der Waals surface area contributed by atoms with Crippen LogP contribution >= 0.6 is 23.2 Å². The van der Waals surface area contributed by atoms with Gasteiger partial charge in [-0.2, -0.15) is 0 Å². The molecule has 0 radical (unpaired) electrons. The highest BCUT2D eigenvalue weighted by Gasteiger charge is 2.26. The second-order valence-electron chi connectivity index (χ2n) is 5.62. The molecular weight excluding hydrogens is 307 g/mol. The van der Waals surface area contributed by atoms with Gasteiger partial charge in [0, 0.05) is 16.5 Å². The van der Waals surface area contributed by atoms with E-state index in [2.05, 4.69) is 5.16 Å². The molecule has 2 N–H and O–H groups in total. The van der Waals surface area contributed by atoms with Crippen LogP contribution in [0.4, 0.5) is 5.82 Å². The van der Waals surface area contributed by atoms with Crippen LogP contribution in [0.25, 0.3) is 11.1 Å². The summed E-state index contributed by atoms with van der Waals surface area (Å²) in [6.45, 7) is 0. The van der Waals surface area contributed by atoms with Gasteiger partial charge in [-0.15, -0.1) is 0 Å². The molecule has 0 amide bonds. The summed E-state index contributed by atoms with van der Waals surface area (Å²) in [6.07, 6.45) is 7.26. The molecule has 0 saturated heterocycles. The highest BCUT2D eigenvalue weighted by atomic mass is 35.5. The van der Waals surface area contributed by atoms with Gasteiger partial charge in [-0.05, 0) is 25.0 Å². The standard InChI is InChI=1S/C16H18Cl2N2O/c17-11-7-8-12(13(18)9-11)14-15(21-20-16(14)19)10-5-3-1-2-4-6-10/h7-10H,1-6H2,(H2,19,20). The first-order chi connectivity index (χ1) is 10.2. The molecule has 1 aromatic carbocycles. The lowest BCUT2D eigenvalue weighted by Crippen LogP contribution is -1.99. The molecule has 1 fully saturated rings. The number of hydrogen-bond donors (Lipinski definition) is 1. The molecule has 1 heterocycles. The minimum atomic E-state index is 0.374. The van der Waals surface area contributed by atoms with Crippen LogP contribution in [-0.2, 0) is 0 Å². The molecule has 112 valence electrons. The Bertz CT molecular complexity index is 631. The van der Waals surface area contributed by atoms with Crippen LogP contribution in [0.15, 0.2) is 22.7 Å². The maximum absolute atomic E-state index is 6.33. The molecule has 0 aliphatic heterocycles. The molecule has 0 unspecified atom stereocenters. The van der Waals surface area contributed by atoms with Crippen molar-refractivity contribution in [1.82, 2.24) is 5.16 Å². The van der Waals surface area contributed by atoms with E-state index >= 15 is 0 Å². The lowest BCUT2D eigenvalue weighted by Gasteiger charge is -2.13. The van der Waals surface area contributed by atoms with Crippen LogP contribution in [0.3, 0.4) is 0 Å². The van der Waals surface area contributed by atoms with Crippen molar-refractivity contribution in [3.63, 3.8) is 0 Å². The average Bonchev–Trinajstić information content (AvgIpc) is 2.67. The lowest BCUT2D eigenvalue weighted by atomic mass is 9.92. The molecule has 5 heteroatoms. The van der Waals surface area contributed by atoms with Gasteiger partial charge in [0.15, 0.2) is 5.82 Å². The molecule has 1 aliphatic carbocycles. The zero-order chi connectivity index (χ0) is 14.8. The number of anilines is 1. The van der Waals surface area contributed by atoms with Crippen molar-refractivity contribution in [2.75, 3.05) is 5.73 Å². The van der Waals surface area contributed by atoms with Gasteiger partial charge in [-0.25, -0.2) is 0 Å². The van der Waals surface area contributed by atoms with Crippen LogP contribution in [0.2, 0.25) is 10.0 Å². The lowest BCUT2D eigenvalue weighted by molar-refractivity contribution is 0.350. The Labute approximate surface area is 134 Å². The topological polar surface area (TPSA) is 52.0 Å². The smallest absolute Gasteiger partial charge is 0.175 e. The van der Waals surface area contributed by atoms with Crippen LogP contribution in [0.1, 0.15) is 50.2 Å². The Morgan fingerprint density at radius 2 is 1.81 bits per heavy atom. The first-order valence-electron chi connectivity index (χ1n) is 7.37. The summed E-state index contributed by atoms with van der Waals surface area (Å²) in [4.78, 5) is 0. The van der Waals surface area contributed by atoms with Crippen molar-refractivity contribution < 1.29 is 4.52 Å². The van der Waals surface area contributed by atoms with E-state index in [1.165, 1.54) is 25.7 Å². The summed E-state index contributed by atoms with van der Waals surface area (Å²) in [5.74, 6) is 1.65. The van der Waals surface area contributed by atoms with Crippen LogP contribution in [-0.4, -0.2) is 5.16 Å². The number of benzene rings is 1. The van der Waals surface area contributed by atoms with Gasteiger partial charge < -0.3 is 10.3 Å². The fourth-order valence-electron chi connectivity index (χ4n) is 3.10. The Hall–Kier alpha value is -1.19. The van der Waals surface area contributed by atoms with Gasteiger partial charge in [-0.1, -0.05) is 60.1 Å². The molecule has 1 saturated carbocycles. The fourth-order valence-corrected chi connectivity index (χ4v) is 3.60. The fraction of sp³-hybridized carbons (Fsp3) is 0.438. The predicted octanol–water partition coefficient (Wildman–Crippen LogP) is 5.67. The Morgan fingerprint density at radius 1 is 1.10 bits per heavy atom. The van der Waals surface area contributed by atoms with E-state index in [-0.39, 0.29) is 0 Å². The highest BCUT2D eigenvalue weighted by Crippen LogP contribution is 2.42. The SMILES string of the molecule is Nc1noc(C2CCCCCC2)c1-c1ccc(Cl)cc1Cl. The number of rotatable bonds is 2. The van der Waals surface area contributed by atoms with E-state index in [9.17, 15) is 0 Å². The van der Waals surface area contributed by atoms with Gasteiger partial charge in [-0.3, -0.25) is 0 Å². The minimum Gasteiger partial charge on any atom is -0.380 e. The molecule has 21 heavy (non-hydrogen) atoms. The third kappa shape index (κ3) is 3.04.